The lowest BCUT2D eigenvalue weighted by Gasteiger charge is -2.35. The van der Waals surface area contributed by atoms with Gasteiger partial charge in [-0.3, -0.25) is 9.59 Å². The second-order valence-electron chi connectivity index (χ2n) is 4.74. The number of ether oxygens (including phenoxy) is 1. The van der Waals surface area contributed by atoms with Gasteiger partial charge in [0, 0.05) is 19.6 Å². The highest BCUT2D eigenvalue weighted by molar-refractivity contribution is 5.90. The van der Waals surface area contributed by atoms with Crippen LogP contribution in [-0.2, 0) is 14.3 Å². The Balaban J connectivity index is 1.87. The van der Waals surface area contributed by atoms with E-state index in [2.05, 4.69) is 5.32 Å². The molecule has 3 atom stereocenters. The van der Waals surface area contributed by atoms with Gasteiger partial charge < -0.3 is 15.0 Å². The molecule has 2 saturated heterocycles. The predicted octanol–water partition coefficient (Wildman–Crippen LogP) is 0.240. The van der Waals surface area contributed by atoms with E-state index in [1.165, 1.54) is 4.90 Å². The minimum Gasteiger partial charge on any atom is -0.375 e. The Labute approximate surface area is 106 Å². The van der Waals surface area contributed by atoms with Crippen LogP contribution in [0.25, 0.3) is 0 Å². The van der Waals surface area contributed by atoms with Gasteiger partial charge in [-0.25, -0.2) is 4.39 Å². The van der Waals surface area contributed by atoms with Gasteiger partial charge >= 0.3 is 0 Å². The fourth-order valence-electron chi connectivity index (χ4n) is 2.51. The monoisotopic (exact) mass is 258 g/mol. The molecule has 1 unspecified atom stereocenters. The summed E-state index contributed by atoms with van der Waals surface area (Å²) in [7, 11) is 0. The number of alkyl halides is 1. The minimum atomic E-state index is -1.14. The molecule has 102 valence electrons. The van der Waals surface area contributed by atoms with E-state index in [9.17, 15) is 14.0 Å². The van der Waals surface area contributed by atoms with Gasteiger partial charge in [-0.15, -0.1) is 0 Å². The van der Waals surface area contributed by atoms with Crippen molar-refractivity contribution in [1.82, 2.24) is 10.2 Å². The van der Waals surface area contributed by atoms with Crippen molar-refractivity contribution in [3.63, 3.8) is 0 Å². The molecule has 0 aromatic carbocycles. The molecule has 1 N–H and O–H groups in total. The third-order valence-electron chi connectivity index (χ3n) is 3.47. The van der Waals surface area contributed by atoms with Crippen LogP contribution in [0, 0.1) is 0 Å². The number of carbonyl (C=O) groups is 2. The maximum Gasteiger partial charge on any atom is 0.245 e. The molecule has 2 fully saturated rings. The molecule has 0 aromatic rings. The average molecular weight is 258 g/mol. The highest BCUT2D eigenvalue weighted by Gasteiger charge is 2.36. The van der Waals surface area contributed by atoms with Crippen molar-refractivity contribution in [3.8, 4) is 0 Å². The van der Waals surface area contributed by atoms with Crippen LogP contribution in [0.15, 0.2) is 0 Å². The number of nitrogens with zero attached hydrogens (tertiary/aromatic N) is 1. The van der Waals surface area contributed by atoms with E-state index >= 15 is 0 Å². The van der Waals surface area contributed by atoms with Gasteiger partial charge in [0.2, 0.25) is 11.8 Å². The number of carbonyl (C=O) groups excluding carboxylic acids is 2. The number of nitrogens with one attached hydrogen (secondary N) is 1. The first-order chi connectivity index (χ1) is 8.61. The topological polar surface area (TPSA) is 58.6 Å². The Kier molecular flexibility index (Phi) is 4.16. The van der Waals surface area contributed by atoms with Crippen LogP contribution in [0.3, 0.4) is 0 Å². The van der Waals surface area contributed by atoms with Gasteiger partial charge in [-0.05, 0) is 19.8 Å². The maximum absolute atomic E-state index is 13.8. The molecular weight excluding hydrogens is 239 g/mol. The van der Waals surface area contributed by atoms with Gasteiger partial charge in [0.15, 0.2) is 0 Å². The van der Waals surface area contributed by atoms with Crippen LogP contribution in [0.1, 0.15) is 26.2 Å². The lowest BCUT2D eigenvalue weighted by Crippen LogP contribution is -2.52. The predicted molar refractivity (Wildman–Crippen MR) is 62.7 cm³/mol. The highest BCUT2D eigenvalue weighted by atomic mass is 19.1. The molecule has 5 nitrogen and oxygen atoms in total. The van der Waals surface area contributed by atoms with Gasteiger partial charge in [0.25, 0.3) is 0 Å². The van der Waals surface area contributed by atoms with Gasteiger partial charge in [0.1, 0.15) is 12.2 Å². The number of halogens is 1. The molecule has 0 bridgehead atoms. The van der Waals surface area contributed by atoms with Crippen molar-refractivity contribution < 1.29 is 18.7 Å². The van der Waals surface area contributed by atoms with E-state index in [1.807, 2.05) is 6.92 Å². The summed E-state index contributed by atoms with van der Waals surface area (Å²) in [6.07, 6.45) is -0.135. The van der Waals surface area contributed by atoms with E-state index in [-0.39, 0.29) is 18.4 Å². The second-order valence-corrected chi connectivity index (χ2v) is 4.74. The van der Waals surface area contributed by atoms with Crippen molar-refractivity contribution in [2.75, 3.05) is 19.7 Å². The van der Waals surface area contributed by atoms with Gasteiger partial charge in [-0.1, -0.05) is 0 Å². The number of hydrogen-bond acceptors (Lipinski definition) is 3. The molecule has 0 saturated carbocycles. The Morgan fingerprint density at radius 2 is 2.33 bits per heavy atom. The molecular formula is C12H19FN2O3. The molecule has 0 aliphatic carbocycles. The number of likely N-dealkylation sites (tertiary alicyclic amines) is 1. The molecule has 0 spiro atoms. The summed E-state index contributed by atoms with van der Waals surface area (Å²) < 4.78 is 19.1. The zero-order valence-electron chi connectivity index (χ0n) is 10.5. The van der Waals surface area contributed by atoms with Crippen molar-refractivity contribution in [2.24, 2.45) is 0 Å². The largest absolute Gasteiger partial charge is 0.375 e. The standard InChI is InChI=1S/C12H19FN2O3/c1-2-18-10-5-6-15(7-8(10)13)12(17)9-3-4-11(16)14-9/h8-10H,2-7H2,1H3,(H,14,16)/t8-,9-,10?/m1/s1. The minimum absolute atomic E-state index is 0.0653. The van der Waals surface area contributed by atoms with Gasteiger partial charge in [-0.2, -0.15) is 0 Å². The summed E-state index contributed by atoms with van der Waals surface area (Å²) in [6, 6.07) is -0.464. The summed E-state index contributed by atoms with van der Waals surface area (Å²) in [5.74, 6) is -0.271. The maximum atomic E-state index is 13.8. The van der Waals surface area contributed by atoms with Crippen molar-refractivity contribution in [1.29, 1.82) is 0 Å². The van der Waals surface area contributed by atoms with Crippen LogP contribution in [0.4, 0.5) is 4.39 Å². The normalized spacial score (nSPS) is 32.4. The molecule has 0 aromatic heterocycles. The first-order valence-electron chi connectivity index (χ1n) is 6.45. The molecule has 18 heavy (non-hydrogen) atoms. The lowest BCUT2D eigenvalue weighted by atomic mass is 10.0. The Hall–Kier alpha value is -1.17. The first kappa shape index (κ1) is 13.3. The Bertz CT molecular complexity index is 337. The summed E-state index contributed by atoms with van der Waals surface area (Å²) in [5, 5.41) is 2.62. The average Bonchev–Trinajstić information content (AvgIpc) is 2.78. The zero-order chi connectivity index (χ0) is 13.1. The van der Waals surface area contributed by atoms with Crippen LogP contribution in [0.2, 0.25) is 0 Å². The molecule has 2 rings (SSSR count). The molecule has 2 aliphatic heterocycles. The molecule has 2 amide bonds. The third-order valence-corrected chi connectivity index (χ3v) is 3.47. The second kappa shape index (κ2) is 5.65. The summed E-state index contributed by atoms with van der Waals surface area (Å²) in [5.41, 5.74) is 0. The summed E-state index contributed by atoms with van der Waals surface area (Å²) in [6.45, 7) is 2.88. The first-order valence-corrected chi connectivity index (χ1v) is 6.45. The van der Waals surface area contributed by atoms with Gasteiger partial charge in [0.05, 0.1) is 12.6 Å². The van der Waals surface area contributed by atoms with E-state index in [4.69, 9.17) is 4.74 Å². The fraction of sp³-hybridized carbons (Fsp3) is 0.833. The van der Waals surface area contributed by atoms with Crippen molar-refractivity contribution in [3.05, 3.63) is 0 Å². The molecule has 2 aliphatic rings. The number of rotatable bonds is 3. The van der Waals surface area contributed by atoms with Crippen LogP contribution in [0.5, 0.6) is 0 Å². The summed E-state index contributed by atoms with van der Waals surface area (Å²) in [4.78, 5) is 24.6. The number of hydrogen-bond donors (Lipinski definition) is 1. The van der Waals surface area contributed by atoms with E-state index in [0.29, 0.717) is 32.4 Å². The molecule has 2 heterocycles. The molecule has 0 radical (unpaired) electrons. The lowest BCUT2D eigenvalue weighted by molar-refractivity contribution is -0.139. The fourth-order valence-corrected chi connectivity index (χ4v) is 2.51. The summed E-state index contributed by atoms with van der Waals surface area (Å²) >= 11 is 0. The quantitative estimate of drug-likeness (QED) is 0.789. The van der Waals surface area contributed by atoms with Crippen molar-refractivity contribution in [2.45, 2.75) is 44.5 Å². The van der Waals surface area contributed by atoms with Crippen LogP contribution >= 0.6 is 0 Å². The Morgan fingerprint density at radius 3 is 2.89 bits per heavy atom. The van der Waals surface area contributed by atoms with Crippen LogP contribution in [-0.4, -0.2) is 54.7 Å². The van der Waals surface area contributed by atoms with E-state index in [1.54, 1.807) is 0 Å². The van der Waals surface area contributed by atoms with Crippen LogP contribution < -0.4 is 5.32 Å². The third kappa shape index (κ3) is 2.80. The smallest absolute Gasteiger partial charge is 0.245 e. The molecule has 6 heteroatoms. The van der Waals surface area contributed by atoms with E-state index in [0.717, 1.165) is 0 Å². The van der Waals surface area contributed by atoms with E-state index < -0.39 is 18.3 Å². The zero-order valence-corrected chi connectivity index (χ0v) is 10.5. The SMILES string of the molecule is CCOC1CCN(C(=O)[C@H]2CCC(=O)N2)C[C@H]1F. The Morgan fingerprint density at radius 1 is 1.56 bits per heavy atom. The number of piperidine rings is 1. The number of amides is 2. The van der Waals surface area contributed by atoms with Crippen molar-refractivity contribution >= 4 is 11.8 Å². The highest BCUT2D eigenvalue weighted by Crippen LogP contribution is 2.19.